The van der Waals surface area contributed by atoms with Gasteiger partial charge in [-0.05, 0) is 92.0 Å². The van der Waals surface area contributed by atoms with Crippen molar-refractivity contribution in [3.8, 4) is 16.9 Å². The maximum Gasteiger partial charge on any atom is 0.246 e. The van der Waals surface area contributed by atoms with E-state index in [0.29, 0.717) is 35.4 Å². The van der Waals surface area contributed by atoms with Crippen LogP contribution >= 0.6 is 0 Å². The van der Waals surface area contributed by atoms with Crippen molar-refractivity contribution in [2.75, 3.05) is 45.2 Å². The summed E-state index contributed by atoms with van der Waals surface area (Å²) < 4.78 is 9.25. The van der Waals surface area contributed by atoms with Gasteiger partial charge in [-0.3, -0.25) is 23.7 Å². The van der Waals surface area contributed by atoms with Crippen LogP contribution in [0.1, 0.15) is 73.1 Å². The van der Waals surface area contributed by atoms with Gasteiger partial charge in [-0.2, -0.15) is 10.2 Å². The lowest BCUT2D eigenvalue weighted by Gasteiger charge is -2.56. The first-order valence-electron chi connectivity index (χ1n) is 19.3. The Labute approximate surface area is 316 Å². The molecule has 3 aliphatic heterocycles. The molecule has 1 spiro atoms. The molecule has 4 aliphatic rings. The number of nitrogens with one attached hydrogen (secondary N) is 1. The van der Waals surface area contributed by atoms with Gasteiger partial charge in [0.05, 0.1) is 25.9 Å². The van der Waals surface area contributed by atoms with Crippen LogP contribution in [0.25, 0.3) is 11.1 Å². The van der Waals surface area contributed by atoms with Crippen LogP contribution in [0, 0.1) is 5.41 Å². The molecule has 12 nitrogen and oxygen atoms in total. The van der Waals surface area contributed by atoms with Crippen LogP contribution in [0.15, 0.2) is 73.1 Å². The Morgan fingerprint density at radius 1 is 0.870 bits per heavy atom. The molecule has 5 heterocycles. The number of amides is 2. The zero-order chi connectivity index (χ0) is 37.4. The number of anilines is 2. The number of piperidine rings is 2. The molecular weight excluding hydrogens is 681 g/mol. The van der Waals surface area contributed by atoms with Crippen molar-refractivity contribution in [3.05, 3.63) is 89.9 Å². The van der Waals surface area contributed by atoms with Gasteiger partial charge in [0, 0.05) is 99.5 Å². The maximum absolute atomic E-state index is 12.9. The van der Waals surface area contributed by atoms with Crippen molar-refractivity contribution >= 4 is 29.1 Å². The Morgan fingerprint density at radius 3 is 2.24 bits per heavy atom. The second-order valence-electron chi connectivity index (χ2n) is 15.6. The number of rotatable bonds is 9. The van der Waals surface area contributed by atoms with Crippen molar-refractivity contribution in [2.45, 2.75) is 70.5 Å². The number of allylic oxidation sites excluding steroid dienone is 1. The lowest BCUT2D eigenvalue weighted by atomic mass is 9.60. The maximum atomic E-state index is 12.9. The molecular formula is C42H50N8O4. The van der Waals surface area contributed by atoms with E-state index < -0.39 is 0 Å². The standard InChI is InChI=1S/C42H50N8O4/c1-29(51)49-21-16-38-37(28-49)41(44-33-8-4-30(5-9-33)32-26-43-46(2)27-32)45-50(38)34-14-19-47(20-15-34)35-24-42(25-35)17-22-48(23-18-42)40(53)13-12-39(52)31-6-10-36(54-3)11-7-31/h4-13,26-27,34-35H,14-25,28H2,1-3H3,(H,44,45)/b13-12+. The van der Waals surface area contributed by atoms with Gasteiger partial charge in [0.15, 0.2) is 11.6 Å². The fourth-order valence-corrected chi connectivity index (χ4v) is 8.98. The molecule has 2 saturated heterocycles. The number of hydrogen-bond donors (Lipinski definition) is 1. The first kappa shape index (κ1) is 35.8. The molecule has 0 bridgehead atoms. The molecule has 12 heteroatoms. The lowest BCUT2D eigenvalue weighted by Crippen LogP contribution is -2.56. The molecule has 1 N–H and O–H groups in total. The highest BCUT2D eigenvalue weighted by atomic mass is 16.5. The Balaban J connectivity index is 0.847. The van der Waals surface area contributed by atoms with Crippen LogP contribution in [0.2, 0.25) is 0 Å². The number of methoxy groups -OCH3 is 1. The SMILES string of the molecule is COc1ccc(C(=O)/C=C/C(=O)N2CCC3(CC2)CC(N2CCC(n4nc(Nc5ccc(-c6cnn(C)c6)cc5)c5c4CCN(C(C)=O)C5)CC2)C3)cc1. The van der Waals surface area contributed by atoms with Crippen molar-refractivity contribution < 1.29 is 19.1 Å². The number of nitrogens with zero attached hydrogens (tertiary/aromatic N) is 7. The average Bonchev–Trinajstić information content (AvgIpc) is 3.79. The highest BCUT2D eigenvalue weighted by Crippen LogP contribution is 2.51. The molecule has 54 heavy (non-hydrogen) atoms. The summed E-state index contributed by atoms with van der Waals surface area (Å²) in [7, 11) is 3.51. The van der Waals surface area contributed by atoms with E-state index in [9.17, 15) is 14.4 Å². The molecule has 2 aromatic carbocycles. The van der Waals surface area contributed by atoms with Crippen LogP contribution in [0.5, 0.6) is 5.75 Å². The van der Waals surface area contributed by atoms with E-state index in [1.165, 1.54) is 30.7 Å². The van der Waals surface area contributed by atoms with Crippen LogP contribution in [-0.2, 0) is 29.6 Å². The fourth-order valence-electron chi connectivity index (χ4n) is 8.98. The molecule has 0 radical (unpaired) electrons. The van der Waals surface area contributed by atoms with Gasteiger partial charge in [0.25, 0.3) is 0 Å². The minimum Gasteiger partial charge on any atom is -0.497 e. The summed E-state index contributed by atoms with van der Waals surface area (Å²) in [5, 5.41) is 13.1. The van der Waals surface area contributed by atoms with Gasteiger partial charge in [-0.15, -0.1) is 0 Å². The lowest BCUT2D eigenvalue weighted by molar-refractivity contribution is -0.131. The zero-order valence-electron chi connectivity index (χ0n) is 31.5. The summed E-state index contributed by atoms with van der Waals surface area (Å²) in [6, 6.07) is 16.2. The third-order valence-corrected chi connectivity index (χ3v) is 12.3. The number of aromatic nitrogens is 4. The number of benzene rings is 2. The minimum atomic E-state index is -0.183. The van der Waals surface area contributed by atoms with E-state index in [2.05, 4.69) is 44.3 Å². The molecule has 1 aliphatic carbocycles. The van der Waals surface area contributed by atoms with Crippen LogP contribution in [-0.4, -0.2) is 97.7 Å². The third-order valence-electron chi connectivity index (χ3n) is 12.3. The number of fused-ring (bicyclic) bond motifs is 1. The molecule has 1 saturated carbocycles. The Morgan fingerprint density at radius 2 is 1.59 bits per heavy atom. The monoisotopic (exact) mass is 730 g/mol. The second-order valence-corrected chi connectivity index (χ2v) is 15.6. The summed E-state index contributed by atoms with van der Waals surface area (Å²) in [6.45, 7) is 6.53. The van der Waals surface area contributed by atoms with Gasteiger partial charge >= 0.3 is 0 Å². The van der Waals surface area contributed by atoms with Crippen LogP contribution in [0.4, 0.5) is 11.5 Å². The second kappa shape index (κ2) is 14.9. The summed E-state index contributed by atoms with van der Waals surface area (Å²) in [5.41, 5.74) is 6.39. The number of carbonyl (C=O) groups is 3. The zero-order valence-corrected chi connectivity index (χ0v) is 31.5. The first-order chi connectivity index (χ1) is 26.2. The topological polar surface area (TPSA) is 118 Å². The summed E-state index contributed by atoms with van der Waals surface area (Å²) >= 11 is 0. The van der Waals surface area contributed by atoms with Gasteiger partial charge in [0.1, 0.15) is 5.75 Å². The van der Waals surface area contributed by atoms with E-state index in [1.807, 2.05) is 29.2 Å². The van der Waals surface area contributed by atoms with Crippen molar-refractivity contribution in [2.24, 2.45) is 12.5 Å². The van der Waals surface area contributed by atoms with Crippen LogP contribution in [0.3, 0.4) is 0 Å². The fraction of sp³-hybridized carbons (Fsp3) is 0.452. The average molecular weight is 731 g/mol. The van der Waals surface area contributed by atoms with E-state index in [4.69, 9.17) is 9.84 Å². The molecule has 0 unspecified atom stereocenters. The highest BCUT2D eigenvalue weighted by Gasteiger charge is 2.48. The molecule has 2 aromatic heterocycles. The molecule has 2 amide bonds. The number of carbonyl (C=O) groups excluding carboxylic acids is 3. The highest BCUT2D eigenvalue weighted by molar-refractivity contribution is 6.07. The van der Waals surface area contributed by atoms with Gasteiger partial charge in [-0.1, -0.05) is 12.1 Å². The van der Waals surface area contributed by atoms with Gasteiger partial charge in [-0.25, -0.2) is 0 Å². The number of likely N-dealkylation sites (tertiary alicyclic amines) is 2. The largest absolute Gasteiger partial charge is 0.497 e. The number of ether oxygens (including phenoxy) is 1. The molecule has 3 fully saturated rings. The first-order valence-corrected chi connectivity index (χ1v) is 19.3. The molecule has 4 aromatic rings. The smallest absolute Gasteiger partial charge is 0.246 e. The summed E-state index contributed by atoms with van der Waals surface area (Å²) in [4.78, 5) is 44.4. The Bertz CT molecular complexity index is 2020. The Kier molecular flexibility index (Phi) is 9.87. The van der Waals surface area contributed by atoms with E-state index in [1.54, 1.807) is 43.0 Å². The summed E-state index contributed by atoms with van der Waals surface area (Å²) in [6.07, 6.45) is 14.0. The third kappa shape index (κ3) is 7.31. The predicted molar refractivity (Wildman–Crippen MR) is 207 cm³/mol. The van der Waals surface area contributed by atoms with Crippen molar-refractivity contribution in [1.82, 2.24) is 34.3 Å². The predicted octanol–water partition coefficient (Wildman–Crippen LogP) is 5.79. The Hall–Kier alpha value is -5.23. The molecule has 0 atom stereocenters. The summed E-state index contributed by atoms with van der Waals surface area (Å²) in [5.74, 6) is 1.36. The number of hydrogen-bond acceptors (Lipinski definition) is 8. The number of aryl methyl sites for hydroxylation is 1. The normalized spacial score (nSPS) is 19.2. The van der Waals surface area contributed by atoms with Gasteiger partial charge < -0.3 is 24.8 Å². The van der Waals surface area contributed by atoms with Crippen molar-refractivity contribution in [1.29, 1.82) is 0 Å². The molecule has 282 valence electrons. The van der Waals surface area contributed by atoms with E-state index >= 15 is 0 Å². The van der Waals surface area contributed by atoms with E-state index in [0.717, 1.165) is 93.0 Å². The molecule has 8 rings (SSSR count). The van der Waals surface area contributed by atoms with Crippen molar-refractivity contribution in [3.63, 3.8) is 0 Å². The van der Waals surface area contributed by atoms with Gasteiger partial charge in [0.2, 0.25) is 11.8 Å². The minimum absolute atomic E-state index is 0.0865. The van der Waals surface area contributed by atoms with E-state index in [-0.39, 0.29) is 17.6 Å². The number of ketones is 1. The van der Waals surface area contributed by atoms with Crippen LogP contribution < -0.4 is 10.1 Å². The quantitative estimate of drug-likeness (QED) is 0.170.